The molecule has 0 aliphatic carbocycles. The minimum Gasteiger partial charge on any atom is -0.492 e. The summed E-state index contributed by atoms with van der Waals surface area (Å²) < 4.78 is 5.94. The molecule has 4 heterocycles. The van der Waals surface area contributed by atoms with E-state index in [9.17, 15) is 0 Å². The molecule has 5 rings (SSSR count). The maximum absolute atomic E-state index is 6.32. The quantitative estimate of drug-likeness (QED) is 0.890. The summed E-state index contributed by atoms with van der Waals surface area (Å²) in [6.07, 6.45) is 2.60. The molecule has 1 unspecified atom stereocenters. The first-order chi connectivity index (χ1) is 10.3. The van der Waals surface area contributed by atoms with Crippen molar-refractivity contribution in [1.82, 2.24) is 9.80 Å². The van der Waals surface area contributed by atoms with Crippen LogP contribution in [0.5, 0.6) is 5.75 Å². The number of fused-ring (bicyclic) bond motifs is 4. The Morgan fingerprint density at radius 2 is 2.00 bits per heavy atom. The molecule has 0 amide bonds. The van der Waals surface area contributed by atoms with Gasteiger partial charge in [0.15, 0.2) is 0 Å². The minimum absolute atomic E-state index is 0.150. The summed E-state index contributed by atoms with van der Waals surface area (Å²) in [5.74, 6) is 1.80. The van der Waals surface area contributed by atoms with E-state index in [2.05, 4.69) is 34.1 Å². The highest BCUT2D eigenvalue weighted by atomic mass is 16.5. The van der Waals surface area contributed by atoms with Gasteiger partial charge in [-0.15, -0.1) is 0 Å². The lowest BCUT2D eigenvalue weighted by atomic mass is 9.71. The zero-order valence-corrected chi connectivity index (χ0v) is 12.6. The van der Waals surface area contributed by atoms with Gasteiger partial charge in [0.2, 0.25) is 0 Å². The van der Waals surface area contributed by atoms with Gasteiger partial charge in [0.1, 0.15) is 12.4 Å². The van der Waals surface area contributed by atoms with Gasteiger partial charge in [0.25, 0.3) is 0 Å². The highest BCUT2D eigenvalue weighted by molar-refractivity contribution is 5.34. The Hall–Kier alpha value is -1.10. The molecular formula is C17H25N3O. The monoisotopic (exact) mass is 287 g/mol. The topological polar surface area (TPSA) is 41.7 Å². The molecule has 1 aromatic carbocycles. The van der Waals surface area contributed by atoms with E-state index in [0.29, 0.717) is 0 Å². The summed E-state index contributed by atoms with van der Waals surface area (Å²) in [6.45, 7) is 7.13. The molecule has 4 aliphatic heterocycles. The molecule has 0 saturated carbocycles. The highest BCUT2D eigenvalue weighted by Gasteiger charge is 2.49. The second-order valence-corrected chi connectivity index (χ2v) is 6.74. The molecule has 4 heteroatoms. The molecule has 0 aromatic heterocycles. The number of para-hydroxylation sites is 1. The van der Waals surface area contributed by atoms with Crippen molar-refractivity contribution in [2.45, 2.75) is 24.9 Å². The first kappa shape index (κ1) is 13.6. The Morgan fingerprint density at radius 3 is 2.71 bits per heavy atom. The van der Waals surface area contributed by atoms with Crippen LogP contribution in [0.3, 0.4) is 0 Å². The molecule has 4 nitrogen and oxygen atoms in total. The van der Waals surface area contributed by atoms with E-state index in [1.165, 1.54) is 31.5 Å². The summed E-state index contributed by atoms with van der Waals surface area (Å²) in [7, 11) is 0. The molecule has 0 spiro atoms. The zero-order valence-electron chi connectivity index (χ0n) is 12.6. The number of benzene rings is 1. The van der Waals surface area contributed by atoms with Gasteiger partial charge >= 0.3 is 0 Å². The molecule has 1 aromatic rings. The Labute approximate surface area is 126 Å². The molecule has 2 bridgehead atoms. The van der Waals surface area contributed by atoms with E-state index in [-0.39, 0.29) is 5.54 Å². The van der Waals surface area contributed by atoms with Gasteiger partial charge in [-0.2, -0.15) is 0 Å². The average Bonchev–Trinajstić information content (AvgIpc) is 2.78. The molecule has 0 radical (unpaired) electrons. The largest absolute Gasteiger partial charge is 0.492 e. The number of nitrogens with zero attached hydrogens (tertiary/aromatic N) is 2. The average molecular weight is 287 g/mol. The molecular weight excluding hydrogens is 262 g/mol. The molecule has 21 heavy (non-hydrogen) atoms. The van der Waals surface area contributed by atoms with Crippen LogP contribution in [0.1, 0.15) is 18.4 Å². The Balaban J connectivity index is 1.65. The van der Waals surface area contributed by atoms with E-state index in [1.54, 1.807) is 0 Å². The smallest absolute Gasteiger partial charge is 0.123 e. The fourth-order valence-corrected chi connectivity index (χ4v) is 4.57. The SMILES string of the molecule is NCC1(N2CCOc3ccccc3C2)CN2CCC1CC2. The van der Waals surface area contributed by atoms with Crippen LogP contribution < -0.4 is 10.5 Å². The van der Waals surface area contributed by atoms with E-state index < -0.39 is 0 Å². The van der Waals surface area contributed by atoms with Crippen LogP contribution in [0.4, 0.5) is 0 Å². The van der Waals surface area contributed by atoms with Crippen LogP contribution in [0.25, 0.3) is 0 Å². The van der Waals surface area contributed by atoms with E-state index in [1.807, 2.05) is 0 Å². The van der Waals surface area contributed by atoms with E-state index in [4.69, 9.17) is 10.5 Å². The van der Waals surface area contributed by atoms with Crippen LogP contribution in [-0.2, 0) is 6.54 Å². The van der Waals surface area contributed by atoms with Crippen LogP contribution in [0.15, 0.2) is 24.3 Å². The number of nitrogens with two attached hydrogens (primary N) is 1. The number of rotatable bonds is 2. The third-order valence-corrected chi connectivity index (χ3v) is 5.78. The van der Waals surface area contributed by atoms with Gasteiger partial charge in [-0.3, -0.25) is 4.90 Å². The third kappa shape index (κ3) is 2.17. The van der Waals surface area contributed by atoms with Crippen molar-refractivity contribution < 1.29 is 4.74 Å². The van der Waals surface area contributed by atoms with Gasteiger partial charge in [0, 0.05) is 37.3 Å². The van der Waals surface area contributed by atoms with Crippen molar-refractivity contribution >= 4 is 0 Å². The Kier molecular flexibility index (Phi) is 3.40. The summed E-state index contributed by atoms with van der Waals surface area (Å²) in [5, 5.41) is 0. The normalized spacial score (nSPS) is 35.9. The summed E-state index contributed by atoms with van der Waals surface area (Å²) in [5.41, 5.74) is 7.77. The van der Waals surface area contributed by atoms with Crippen LogP contribution in [-0.4, -0.2) is 54.7 Å². The highest BCUT2D eigenvalue weighted by Crippen LogP contribution is 2.40. The lowest BCUT2D eigenvalue weighted by molar-refractivity contribution is -0.0721. The molecule has 1 atom stereocenters. The number of hydrogen-bond donors (Lipinski definition) is 1. The zero-order chi connectivity index (χ0) is 14.3. The lowest BCUT2D eigenvalue weighted by Gasteiger charge is -2.57. The van der Waals surface area contributed by atoms with Crippen LogP contribution in [0.2, 0.25) is 0 Å². The van der Waals surface area contributed by atoms with Gasteiger partial charge in [0.05, 0.1) is 0 Å². The molecule has 114 valence electrons. The predicted molar refractivity (Wildman–Crippen MR) is 83.3 cm³/mol. The Morgan fingerprint density at radius 1 is 1.19 bits per heavy atom. The summed E-state index contributed by atoms with van der Waals surface area (Å²) in [4.78, 5) is 5.22. The van der Waals surface area contributed by atoms with E-state index >= 15 is 0 Å². The van der Waals surface area contributed by atoms with Crippen molar-refractivity contribution in [2.24, 2.45) is 11.7 Å². The first-order valence-electron chi connectivity index (χ1n) is 8.20. The second-order valence-electron chi connectivity index (χ2n) is 6.74. The Bertz CT molecular complexity index is 513. The fourth-order valence-electron chi connectivity index (χ4n) is 4.57. The number of hydrogen-bond acceptors (Lipinski definition) is 4. The van der Waals surface area contributed by atoms with Gasteiger partial charge in [-0.05, 0) is 37.9 Å². The number of piperidine rings is 3. The van der Waals surface area contributed by atoms with Crippen molar-refractivity contribution in [2.75, 3.05) is 39.3 Å². The van der Waals surface area contributed by atoms with Crippen molar-refractivity contribution in [3.63, 3.8) is 0 Å². The minimum atomic E-state index is 0.150. The summed E-state index contributed by atoms with van der Waals surface area (Å²) in [6, 6.07) is 8.45. The standard InChI is InChI=1S/C17H25N3O/c18-12-17(13-19-7-5-15(17)6-8-19)20-9-10-21-16-4-2-1-3-14(16)11-20/h1-4,15H,5-13,18H2. The van der Waals surface area contributed by atoms with Crippen molar-refractivity contribution in [1.29, 1.82) is 0 Å². The summed E-state index contributed by atoms with van der Waals surface area (Å²) >= 11 is 0. The maximum Gasteiger partial charge on any atom is 0.123 e. The molecule has 4 aliphatic rings. The van der Waals surface area contributed by atoms with Gasteiger partial charge in [-0.25, -0.2) is 0 Å². The molecule has 2 N–H and O–H groups in total. The first-order valence-corrected chi connectivity index (χ1v) is 8.20. The maximum atomic E-state index is 6.32. The fraction of sp³-hybridized carbons (Fsp3) is 0.647. The van der Waals surface area contributed by atoms with Crippen molar-refractivity contribution in [3.8, 4) is 5.75 Å². The second kappa shape index (κ2) is 5.27. The third-order valence-electron chi connectivity index (χ3n) is 5.78. The predicted octanol–water partition coefficient (Wildman–Crippen LogP) is 1.30. The number of ether oxygens (including phenoxy) is 1. The molecule has 3 fully saturated rings. The van der Waals surface area contributed by atoms with Crippen molar-refractivity contribution in [3.05, 3.63) is 29.8 Å². The van der Waals surface area contributed by atoms with Gasteiger partial charge in [-0.1, -0.05) is 18.2 Å². The van der Waals surface area contributed by atoms with E-state index in [0.717, 1.165) is 44.5 Å². The van der Waals surface area contributed by atoms with Crippen LogP contribution in [0, 0.1) is 5.92 Å². The van der Waals surface area contributed by atoms with Crippen LogP contribution >= 0.6 is 0 Å². The lowest BCUT2D eigenvalue weighted by Crippen LogP contribution is -2.70. The molecule has 3 saturated heterocycles. The van der Waals surface area contributed by atoms with Gasteiger partial charge < -0.3 is 15.4 Å².